The van der Waals surface area contributed by atoms with Gasteiger partial charge in [0.15, 0.2) is 0 Å². The minimum atomic E-state index is -0.229. The average Bonchev–Trinajstić information content (AvgIpc) is 3.02. The highest BCUT2D eigenvalue weighted by atomic mass is 16.1. The van der Waals surface area contributed by atoms with Gasteiger partial charge in [0.25, 0.3) is 0 Å². The van der Waals surface area contributed by atoms with E-state index in [0.29, 0.717) is 12.6 Å². The van der Waals surface area contributed by atoms with E-state index in [4.69, 9.17) is 0 Å². The molecule has 1 aliphatic rings. The van der Waals surface area contributed by atoms with Crippen LogP contribution >= 0.6 is 0 Å². The molecule has 0 spiro atoms. The molecule has 1 aliphatic carbocycles. The number of aromatic nitrogens is 4. The van der Waals surface area contributed by atoms with Crippen molar-refractivity contribution in [1.82, 2.24) is 19.3 Å². The lowest BCUT2D eigenvalue weighted by molar-refractivity contribution is 0.461. The smallest absolute Gasteiger partial charge is 0.293 e. The molecule has 0 aromatic carbocycles. The molecule has 1 saturated carbocycles. The molecule has 0 atom stereocenters. The highest BCUT2D eigenvalue weighted by molar-refractivity contribution is 5.01. The molecule has 0 amide bonds. The van der Waals surface area contributed by atoms with E-state index in [-0.39, 0.29) is 5.69 Å². The van der Waals surface area contributed by atoms with E-state index in [1.807, 2.05) is 16.9 Å². The second-order valence-electron chi connectivity index (χ2n) is 4.76. The Morgan fingerprint density at radius 2 is 2.11 bits per heavy atom. The summed E-state index contributed by atoms with van der Waals surface area (Å²) in [6.45, 7) is 0.492. The number of hydrogen-bond acceptors (Lipinski definition) is 3. The Morgan fingerprint density at radius 3 is 2.89 bits per heavy atom. The third-order valence-electron chi connectivity index (χ3n) is 3.48. The molecule has 1 fully saturated rings. The van der Waals surface area contributed by atoms with Crippen LogP contribution in [0.4, 0.5) is 0 Å². The van der Waals surface area contributed by atoms with Gasteiger partial charge in [-0.1, -0.05) is 12.8 Å². The first-order chi connectivity index (χ1) is 8.83. The van der Waals surface area contributed by atoms with Crippen molar-refractivity contribution < 1.29 is 0 Å². The van der Waals surface area contributed by atoms with Gasteiger partial charge < -0.3 is 0 Å². The molecule has 0 radical (unpaired) electrons. The third-order valence-corrected chi connectivity index (χ3v) is 3.48. The van der Waals surface area contributed by atoms with Gasteiger partial charge in [-0.3, -0.25) is 9.25 Å². The van der Waals surface area contributed by atoms with Crippen LogP contribution in [0.25, 0.3) is 0 Å². The molecule has 2 aromatic heterocycles. The zero-order valence-electron chi connectivity index (χ0n) is 10.2. The highest BCUT2D eigenvalue weighted by Crippen LogP contribution is 2.28. The Hall–Kier alpha value is -1.91. The van der Waals surface area contributed by atoms with Gasteiger partial charge >= 0.3 is 5.69 Å². The summed E-state index contributed by atoms with van der Waals surface area (Å²) in [5.74, 6) is 0. The van der Waals surface area contributed by atoms with Crippen molar-refractivity contribution in [3.05, 3.63) is 46.9 Å². The molecule has 94 valence electrons. The minimum absolute atomic E-state index is 0.229. The van der Waals surface area contributed by atoms with E-state index in [1.165, 1.54) is 31.9 Å². The van der Waals surface area contributed by atoms with Crippen LogP contribution in [0, 0.1) is 0 Å². The minimum Gasteiger partial charge on any atom is -0.293 e. The van der Waals surface area contributed by atoms with Crippen LogP contribution in [0.1, 0.15) is 37.4 Å². The largest absolute Gasteiger partial charge is 0.347 e. The van der Waals surface area contributed by atoms with E-state index in [9.17, 15) is 4.79 Å². The van der Waals surface area contributed by atoms with E-state index < -0.39 is 0 Å². The Balaban J connectivity index is 1.77. The van der Waals surface area contributed by atoms with Crippen LogP contribution in [0.2, 0.25) is 0 Å². The van der Waals surface area contributed by atoms with Crippen LogP contribution in [0.3, 0.4) is 0 Å². The first-order valence-electron chi connectivity index (χ1n) is 6.38. The van der Waals surface area contributed by atoms with Crippen molar-refractivity contribution in [1.29, 1.82) is 0 Å². The number of hydrogen-bond donors (Lipinski definition) is 0. The van der Waals surface area contributed by atoms with Gasteiger partial charge in [-0.05, 0) is 25.0 Å². The highest BCUT2D eigenvalue weighted by Gasteiger charge is 2.17. The Morgan fingerprint density at radius 1 is 1.28 bits per heavy atom. The lowest BCUT2D eigenvalue weighted by Crippen LogP contribution is -2.22. The fourth-order valence-electron chi connectivity index (χ4n) is 2.52. The average molecular weight is 244 g/mol. The molecule has 0 unspecified atom stereocenters. The van der Waals surface area contributed by atoms with E-state index in [1.54, 1.807) is 16.8 Å². The van der Waals surface area contributed by atoms with Crippen LogP contribution in [-0.2, 0) is 6.54 Å². The summed E-state index contributed by atoms with van der Waals surface area (Å²) in [5, 5.41) is 4.56. The molecule has 0 aliphatic heterocycles. The first kappa shape index (κ1) is 11.2. The van der Waals surface area contributed by atoms with Gasteiger partial charge in [0.2, 0.25) is 0 Å². The fourth-order valence-corrected chi connectivity index (χ4v) is 2.52. The van der Waals surface area contributed by atoms with E-state index >= 15 is 0 Å². The van der Waals surface area contributed by atoms with Gasteiger partial charge in [0.05, 0.1) is 18.3 Å². The van der Waals surface area contributed by atoms with Crippen LogP contribution in [0.5, 0.6) is 0 Å². The zero-order chi connectivity index (χ0) is 12.4. The van der Waals surface area contributed by atoms with E-state index in [2.05, 4.69) is 10.1 Å². The van der Waals surface area contributed by atoms with Gasteiger partial charge in [-0.15, -0.1) is 0 Å². The van der Waals surface area contributed by atoms with Gasteiger partial charge in [-0.2, -0.15) is 5.10 Å². The van der Waals surface area contributed by atoms with Crippen LogP contribution in [0.15, 0.2) is 35.5 Å². The molecule has 0 N–H and O–H groups in total. The van der Waals surface area contributed by atoms with Crippen molar-refractivity contribution in [2.75, 3.05) is 0 Å². The first-order valence-corrected chi connectivity index (χ1v) is 6.38. The topological polar surface area (TPSA) is 52.7 Å². The zero-order valence-corrected chi connectivity index (χ0v) is 10.2. The molecule has 5 heteroatoms. The van der Waals surface area contributed by atoms with Crippen molar-refractivity contribution in [3.8, 4) is 0 Å². The van der Waals surface area contributed by atoms with Gasteiger partial charge in [-0.25, -0.2) is 9.78 Å². The summed E-state index contributed by atoms with van der Waals surface area (Å²) >= 11 is 0. The summed E-state index contributed by atoms with van der Waals surface area (Å²) in [7, 11) is 0. The standard InChI is InChI=1S/C13H16N4O/c18-13-14-7-3-8-16(13)10-11-6-9-17(15-11)12-4-1-2-5-12/h3,6-9,12H,1-2,4-5,10H2. The third kappa shape index (κ3) is 2.20. The SMILES string of the molecule is O=c1ncccn1Cc1ccn(C2CCCC2)n1. The molecular formula is C13H16N4O. The van der Waals surface area contributed by atoms with E-state index in [0.717, 1.165) is 5.69 Å². The van der Waals surface area contributed by atoms with Crippen LogP contribution < -0.4 is 5.69 Å². The molecule has 2 aromatic rings. The van der Waals surface area contributed by atoms with Crippen molar-refractivity contribution in [2.45, 2.75) is 38.3 Å². The summed E-state index contributed by atoms with van der Waals surface area (Å²) in [6, 6.07) is 4.29. The van der Waals surface area contributed by atoms with Gasteiger partial charge in [0, 0.05) is 18.6 Å². The molecule has 0 saturated heterocycles. The molecule has 5 nitrogen and oxygen atoms in total. The monoisotopic (exact) mass is 244 g/mol. The normalized spacial score (nSPS) is 16.2. The molecule has 3 rings (SSSR count). The Labute approximate surface area is 105 Å². The maximum Gasteiger partial charge on any atom is 0.347 e. The quantitative estimate of drug-likeness (QED) is 0.824. The lowest BCUT2D eigenvalue weighted by Gasteiger charge is -2.08. The van der Waals surface area contributed by atoms with Gasteiger partial charge in [0.1, 0.15) is 0 Å². The maximum atomic E-state index is 11.5. The Kier molecular flexibility index (Phi) is 2.96. The summed E-state index contributed by atoms with van der Waals surface area (Å²) in [5.41, 5.74) is 0.685. The number of nitrogens with zero attached hydrogens (tertiary/aromatic N) is 4. The fraction of sp³-hybridized carbons (Fsp3) is 0.462. The number of rotatable bonds is 3. The summed E-state index contributed by atoms with van der Waals surface area (Å²) in [6.07, 6.45) is 10.3. The molecular weight excluding hydrogens is 228 g/mol. The predicted octanol–water partition coefficient (Wildman–Crippen LogP) is 1.60. The second-order valence-corrected chi connectivity index (χ2v) is 4.76. The molecule has 18 heavy (non-hydrogen) atoms. The molecule has 0 bridgehead atoms. The van der Waals surface area contributed by atoms with Crippen LogP contribution in [-0.4, -0.2) is 19.3 Å². The molecule has 2 heterocycles. The summed E-state index contributed by atoms with van der Waals surface area (Å²) in [4.78, 5) is 15.2. The van der Waals surface area contributed by atoms with Crippen molar-refractivity contribution >= 4 is 0 Å². The Bertz CT molecular complexity index is 580. The van der Waals surface area contributed by atoms with Crippen molar-refractivity contribution in [2.24, 2.45) is 0 Å². The summed E-state index contributed by atoms with van der Waals surface area (Å²) < 4.78 is 3.62. The predicted molar refractivity (Wildman–Crippen MR) is 67.3 cm³/mol. The van der Waals surface area contributed by atoms with Crippen molar-refractivity contribution in [3.63, 3.8) is 0 Å². The second kappa shape index (κ2) is 4.76. The maximum absolute atomic E-state index is 11.5. The lowest BCUT2D eigenvalue weighted by atomic mass is 10.3.